The van der Waals surface area contributed by atoms with E-state index in [1.54, 1.807) is 36.5 Å². The summed E-state index contributed by atoms with van der Waals surface area (Å²) < 4.78 is 0. The average Bonchev–Trinajstić information content (AvgIpc) is 3.93. The Balaban J connectivity index is 1.46. The molecule has 18 nitrogen and oxygen atoms in total. The van der Waals surface area contributed by atoms with Gasteiger partial charge in [0.05, 0.1) is 0 Å². The van der Waals surface area contributed by atoms with Gasteiger partial charge in [0, 0.05) is 56.5 Å². The molecule has 0 radical (unpaired) electrons. The fraction of sp³-hybridized carbons (Fsp3) is 0.511. The van der Waals surface area contributed by atoms with Crippen LogP contribution in [0.3, 0.4) is 0 Å². The van der Waals surface area contributed by atoms with Crippen LogP contribution in [0, 0.1) is 5.92 Å². The molecule has 11 N–H and O–H groups in total. The molecule has 3 aliphatic rings. The number of nitrogens with zero attached hydrogens (tertiary/aromatic N) is 3. The molecule has 1 aliphatic carbocycles. The van der Waals surface area contributed by atoms with Crippen molar-refractivity contribution in [1.82, 2.24) is 36.1 Å². The SMILES string of the molecule is CC(=O)N[C@@H](Cc1ccccc1)C(=O)N1C(=O)[C@@H](CCCN=C(N)N)NC(=O)[C@H](Cc2c[nH]c3ccccc23)NC(=O)[C@@H](CC2CCCCC2)NC(=O)[C@@H]2CCCN2C(=O)[C@@H]1CN. The number of hydrogen-bond donors (Lipinski definition) is 8. The Kier molecular flexibility index (Phi) is 15.9. The number of nitrogens with one attached hydrogen (secondary N) is 5. The molecule has 7 amide bonds. The Morgan fingerprint density at radius 1 is 0.825 bits per heavy atom. The number of rotatable bonds is 13. The topological polar surface area (TPSA) is 280 Å². The largest absolute Gasteiger partial charge is 0.370 e. The van der Waals surface area contributed by atoms with Gasteiger partial charge in [0.15, 0.2) is 5.96 Å². The maximum atomic E-state index is 15.2. The summed E-state index contributed by atoms with van der Waals surface area (Å²) in [4.78, 5) is 111. The van der Waals surface area contributed by atoms with Crippen LogP contribution in [0.25, 0.3) is 10.9 Å². The van der Waals surface area contributed by atoms with Gasteiger partial charge in [-0.1, -0.05) is 80.6 Å². The van der Waals surface area contributed by atoms with Crippen LogP contribution in [0.2, 0.25) is 0 Å². The highest BCUT2D eigenvalue weighted by molar-refractivity contribution is 6.07. The van der Waals surface area contributed by atoms with Gasteiger partial charge < -0.3 is 48.4 Å². The quantitative estimate of drug-likeness (QED) is 0.0674. The molecule has 0 bridgehead atoms. The van der Waals surface area contributed by atoms with E-state index < -0.39 is 84.1 Å². The zero-order chi connectivity index (χ0) is 45.0. The van der Waals surface area contributed by atoms with Crippen LogP contribution in [0.4, 0.5) is 0 Å². The number of hydrogen-bond acceptors (Lipinski definition) is 9. The summed E-state index contributed by atoms with van der Waals surface area (Å²) in [6, 6.07) is 8.49. The lowest BCUT2D eigenvalue weighted by molar-refractivity contribution is -0.158. The third-order valence-corrected chi connectivity index (χ3v) is 12.3. The Labute approximate surface area is 366 Å². The maximum Gasteiger partial charge on any atom is 0.252 e. The van der Waals surface area contributed by atoms with E-state index in [4.69, 9.17) is 17.2 Å². The van der Waals surface area contributed by atoms with Gasteiger partial charge in [-0.25, -0.2) is 0 Å². The summed E-state index contributed by atoms with van der Waals surface area (Å²) >= 11 is 0. The summed E-state index contributed by atoms with van der Waals surface area (Å²) in [7, 11) is 0. The van der Waals surface area contributed by atoms with E-state index in [0.29, 0.717) is 24.0 Å². The van der Waals surface area contributed by atoms with Crippen LogP contribution in [0.1, 0.15) is 82.3 Å². The third-order valence-electron chi connectivity index (χ3n) is 12.3. The van der Waals surface area contributed by atoms with Crippen LogP contribution in [0.15, 0.2) is 65.8 Å². The minimum atomic E-state index is -1.65. The molecule has 6 atom stereocenters. The zero-order valence-corrected chi connectivity index (χ0v) is 35.9. The molecule has 2 aliphatic heterocycles. The summed E-state index contributed by atoms with van der Waals surface area (Å²) in [5, 5.41) is 12.2. The lowest BCUT2D eigenvalue weighted by Gasteiger charge is -2.37. The summed E-state index contributed by atoms with van der Waals surface area (Å²) in [5.74, 6) is -5.19. The number of imide groups is 1. The number of carbonyl (C=O) groups excluding carboxylic acids is 7. The number of carbonyl (C=O) groups is 7. The summed E-state index contributed by atoms with van der Waals surface area (Å²) in [5.41, 5.74) is 19.7. The normalized spacial score (nSPS) is 23.5. The molecule has 338 valence electrons. The number of H-pyrrole nitrogens is 1. The number of aromatic amines is 1. The Bertz CT molecular complexity index is 2150. The number of nitrogens with two attached hydrogens (primary N) is 3. The second-order valence-corrected chi connectivity index (χ2v) is 16.9. The van der Waals surface area contributed by atoms with Crippen molar-refractivity contribution in [2.75, 3.05) is 19.6 Å². The van der Waals surface area contributed by atoms with E-state index in [-0.39, 0.29) is 57.1 Å². The molecule has 3 heterocycles. The number of fused-ring (bicyclic) bond motifs is 2. The Hall–Kier alpha value is -6.30. The first-order valence-corrected chi connectivity index (χ1v) is 22.0. The summed E-state index contributed by atoms with van der Waals surface area (Å²) in [6.45, 7) is 0.864. The fourth-order valence-corrected chi connectivity index (χ4v) is 9.15. The molecule has 2 aromatic carbocycles. The zero-order valence-electron chi connectivity index (χ0n) is 35.9. The molecular weight excluding hydrogens is 807 g/mol. The van der Waals surface area contributed by atoms with Crippen molar-refractivity contribution in [1.29, 1.82) is 0 Å². The second kappa shape index (κ2) is 21.7. The molecule has 1 aromatic heterocycles. The Morgan fingerprint density at radius 3 is 2.22 bits per heavy atom. The van der Waals surface area contributed by atoms with Crippen molar-refractivity contribution in [3.05, 3.63) is 71.9 Å². The molecule has 63 heavy (non-hydrogen) atoms. The van der Waals surface area contributed by atoms with Gasteiger partial charge in [-0.15, -0.1) is 0 Å². The van der Waals surface area contributed by atoms with Crippen molar-refractivity contribution in [2.45, 2.75) is 120 Å². The van der Waals surface area contributed by atoms with Crippen LogP contribution < -0.4 is 38.5 Å². The maximum absolute atomic E-state index is 15.2. The van der Waals surface area contributed by atoms with E-state index in [0.717, 1.165) is 47.9 Å². The number of aliphatic imine (C=N–C) groups is 1. The molecule has 3 fully saturated rings. The highest BCUT2D eigenvalue weighted by Gasteiger charge is 2.46. The number of amides is 7. The van der Waals surface area contributed by atoms with Gasteiger partial charge in [-0.05, 0) is 55.2 Å². The average molecular weight is 868 g/mol. The first-order chi connectivity index (χ1) is 30.3. The molecular formula is C45H61N11O7. The lowest BCUT2D eigenvalue weighted by Crippen LogP contribution is -2.65. The van der Waals surface area contributed by atoms with Gasteiger partial charge >= 0.3 is 0 Å². The van der Waals surface area contributed by atoms with Gasteiger partial charge in [-0.2, -0.15) is 0 Å². The van der Waals surface area contributed by atoms with Crippen molar-refractivity contribution in [3.63, 3.8) is 0 Å². The first kappa shape index (κ1) is 46.2. The predicted octanol–water partition coefficient (Wildman–Crippen LogP) is 0.623. The van der Waals surface area contributed by atoms with Crippen LogP contribution in [-0.2, 0) is 46.4 Å². The number of para-hydroxylation sites is 1. The van der Waals surface area contributed by atoms with Crippen molar-refractivity contribution in [3.8, 4) is 0 Å². The molecule has 3 aromatic rings. The van der Waals surface area contributed by atoms with Gasteiger partial charge in [0.2, 0.25) is 29.5 Å². The van der Waals surface area contributed by atoms with E-state index in [1.807, 2.05) is 24.3 Å². The molecule has 18 heteroatoms. The highest BCUT2D eigenvalue weighted by atomic mass is 16.2. The molecule has 2 saturated heterocycles. The molecule has 6 rings (SSSR count). The van der Waals surface area contributed by atoms with Crippen molar-refractivity contribution in [2.24, 2.45) is 28.1 Å². The number of aromatic nitrogens is 1. The monoisotopic (exact) mass is 867 g/mol. The number of guanidine groups is 1. The number of benzene rings is 2. The Morgan fingerprint density at radius 2 is 1.51 bits per heavy atom. The molecule has 0 unspecified atom stereocenters. The van der Waals surface area contributed by atoms with Gasteiger partial charge in [-0.3, -0.25) is 43.5 Å². The van der Waals surface area contributed by atoms with E-state index in [9.17, 15) is 28.8 Å². The highest BCUT2D eigenvalue weighted by Crippen LogP contribution is 2.29. The molecule has 1 saturated carbocycles. The van der Waals surface area contributed by atoms with Gasteiger partial charge in [0.25, 0.3) is 11.8 Å². The van der Waals surface area contributed by atoms with Crippen molar-refractivity contribution < 1.29 is 33.6 Å². The second-order valence-electron chi connectivity index (χ2n) is 16.9. The van der Waals surface area contributed by atoms with E-state index in [1.165, 1.54) is 11.8 Å². The molecule has 0 spiro atoms. The first-order valence-electron chi connectivity index (χ1n) is 22.0. The van der Waals surface area contributed by atoms with Crippen molar-refractivity contribution >= 4 is 58.2 Å². The van der Waals surface area contributed by atoms with Crippen LogP contribution in [0.5, 0.6) is 0 Å². The smallest absolute Gasteiger partial charge is 0.252 e. The fourth-order valence-electron chi connectivity index (χ4n) is 9.15. The van der Waals surface area contributed by atoms with E-state index >= 15 is 4.79 Å². The van der Waals surface area contributed by atoms with Gasteiger partial charge in [0.1, 0.15) is 36.3 Å². The van der Waals surface area contributed by atoms with Crippen LogP contribution in [-0.4, -0.2) is 118 Å². The standard InChI is InChI=1S/C45H61N11O7/c1-27(57)51-36(23-29-14-6-3-7-15-29)43(62)56-38(25-46)44(63)55-21-11-19-37(55)41(60)54-34(22-28-12-4-2-5-13-28)39(58)53-35(24-30-26-50-32-17-9-8-16-31(30)32)40(59)52-33(42(56)61)18-10-20-49-45(47)48/h3,6-9,14-17,26,28,33-38,50H,2,4-5,10-13,18-25,46H2,1H3,(H,51,57)(H,52,59)(H,53,58)(H,54,60)(H4,47,48,49)/t33-,34-,35+,36+,37+,38+/m1/s1. The summed E-state index contributed by atoms with van der Waals surface area (Å²) in [6.07, 6.45) is 7.56. The van der Waals surface area contributed by atoms with Crippen LogP contribution >= 0.6 is 0 Å². The minimum absolute atomic E-state index is 0.00870. The predicted molar refractivity (Wildman–Crippen MR) is 236 cm³/mol. The third kappa shape index (κ3) is 11.8. The van der Waals surface area contributed by atoms with E-state index in [2.05, 4.69) is 31.2 Å². The minimum Gasteiger partial charge on any atom is -0.370 e. The lowest BCUT2D eigenvalue weighted by atomic mass is 9.84.